The largest absolute Gasteiger partial charge is 0.507 e. The first-order valence-electron chi connectivity index (χ1n) is 8.52. The monoisotopic (exact) mass is 392 g/mol. The Balaban J connectivity index is 1.79. The highest BCUT2D eigenvalue weighted by atomic mass is 16.6. The van der Waals surface area contributed by atoms with Crippen LogP contribution in [0.1, 0.15) is 16.7 Å². The van der Waals surface area contributed by atoms with Gasteiger partial charge in [-0.2, -0.15) is 5.10 Å². The van der Waals surface area contributed by atoms with Crippen molar-refractivity contribution in [1.82, 2.24) is 0 Å². The molecule has 0 aliphatic heterocycles. The van der Waals surface area contributed by atoms with Crippen molar-refractivity contribution >= 4 is 23.3 Å². The molecule has 0 atom stereocenters. The fourth-order valence-corrected chi connectivity index (χ4v) is 2.70. The quantitative estimate of drug-likeness (QED) is 0.351. The van der Waals surface area contributed by atoms with Gasteiger partial charge in [-0.1, -0.05) is 36.4 Å². The molecule has 0 saturated heterocycles. The maximum Gasteiger partial charge on any atom is 0.301 e. The first-order chi connectivity index (χ1) is 13.9. The molecule has 9 heteroatoms. The number of hydrogen-bond donors (Lipinski definition) is 2. The van der Waals surface area contributed by atoms with E-state index < -0.39 is 21.2 Å². The molecular formula is C20H16N4O5. The average molecular weight is 392 g/mol. The van der Waals surface area contributed by atoms with Gasteiger partial charge in [0.1, 0.15) is 11.4 Å². The van der Waals surface area contributed by atoms with E-state index in [1.165, 1.54) is 12.3 Å². The molecule has 0 saturated carbocycles. The van der Waals surface area contributed by atoms with Crippen LogP contribution in [-0.4, -0.2) is 21.2 Å². The van der Waals surface area contributed by atoms with Gasteiger partial charge in [-0.05, 0) is 35.7 Å². The molecule has 2 N–H and O–H groups in total. The Morgan fingerprint density at radius 1 is 0.931 bits per heavy atom. The third-order valence-corrected chi connectivity index (χ3v) is 4.12. The van der Waals surface area contributed by atoms with Crippen molar-refractivity contribution in [2.24, 2.45) is 5.10 Å². The number of nitro benzene ring substituents is 2. The predicted molar refractivity (Wildman–Crippen MR) is 108 cm³/mol. The van der Waals surface area contributed by atoms with E-state index in [2.05, 4.69) is 10.5 Å². The molecule has 0 radical (unpaired) electrons. The third kappa shape index (κ3) is 4.92. The number of rotatable bonds is 7. The van der Waals surface area contributed by atoms with E-state index in [9.17, 15) is 25.3 Å². The highest BCUT2D eigenvalue weighted by molar-refractivity contribution is 5.84. The molecule has 0 aromatic heterocycles. The van der Waals surface area contributed by atoms with Crippen LogP contribution in [0.25, 0.3) is 0 Å². The zero-order chi connectivity index (χ0) is 20.8. The number of aromatic hydroxyl groups is 1. The van der Waals surface area contributed by atoms with Gasteiger partial charge in [0.2, 0.25) is 0 Å². The van der Waals surface area contributed by atoms with Gasteiger partial charge in [0.15, 0.2) is 0 Å². The molecule has 0 aliphatic rings. The third-order valence-electron chi connectivity index (χ3n) is 4.12. The first kappa shape index (κ1) is 19.5. The lowest BCUT2D eigenvalue weighted by Gasteiger charge is -2.06. The SMILES string of the molecule is O=[N+]([O-])c1ccc(N/N=C/c2cc(Cc3ccccc3)ccc2O)c([N+](=O)[O-])c1. The standard InChI is InChI=1S/C20H16N4O5/c25-20-9-6-15(10-14-4-2-1-3-5-14)11-16(20)13-21-22-18-8-7-17(23(26)27)12-19(18)24(28)29/h1-9,11-13,22,25H,10H2/b21-13+. The number of nitrogens with one attached hydrogen (secondary N) is 1. The summed E-state index contributed by atoms with van der Waals surface area (Å²) in [4.78, 5) is 20.5. The number of nitrogens with zero attached hydrogens (tertiary/aromatic N) is 3. The first-order valence-corrected chi connectivity index (χ1v) is 8.52. The van der Waals surface area contributed by atoms with Crippen LogP contribution in [0.15, 0.2) is 71.8 Å². The van der Waals surface area contributed by atoms with Crippen LogP contribution in [0.2, 0.25) is 0 Å². The Kier molecular flexibility index (Phi) is 5.79. The summed E-state index contributed by atoms with van der Waals surface area (Å²) in [7, 11) is 0. The summed E-state index contributed by atoms with van der Waals surface area (Å²) in [5.41, 5.74) is 4.13. The second-order valence-electron chi connectivity index (χ2n) is 6.14. The van der Waals surface area contributed by atoms with Gasteiger partial charge < -0.3 is 5.11 Å². The van der Waals surface area contributed by atoms with E-state index in [1.54, 1.807) is 18.2 Å². The van der Waals surface area contributed by atoms with E-state index in [4.69, 9.17) is 0 Å². The number of hydrogen-bond acceptors (Lipinski definition) is 7. The van der Waals surface area contributed by atoms with E-state index in [0.717, 1.165) is 23.3 Å². The van der Waals surface area contributed by atoms with Crippen LogP contribution in [0.4, 0.5) is 17.1 Å². The van der Waals surface area contributed by atoms with E-state index in [1.807, 2.05) is 30.3 Å². The van der Waals surface area contributed by atoms with Crippen molar-refractivity contribution < 1.29 is 15.0 Å². The highest BCUT2D eigenvalue weighted by Gasteiger charge is 2.19. The maximum atomic E-state index is 11.2. The molecule has 0 amide bonds. The summed E-state index contributed by atoms with van der Waals surface area (Å²) in [6, 6.07) is 18.1. The summed E-state index contributed by atoms with van der Waals surface area (Å²) < 4.78 is 0. The molecular weight excluding hydrogens is 376 g/mol. The Labute approximate surface area is 165 Å². The molecule has 146 valence electrons. The van der Waals surface area contributed by atoms with Gasteiger partial charge in [-0.25, -0.2) is 0 Å². The van der Waals surface area contributed by atoms with Gasteiger partial charge in [-0.15, -0.1) is 0 Å². The lowest BCUT2D eigenvalue weighted by molar-refractivity contribution is -0.393. The van der Waals surface area contributed by atoms with Gasteiger partial charge >= 0.3 is 5.69 Å². The molecule has 3 aromatic carbocycles. The van der Waals surface area contributed by atoms with Crippen LogP contribution in [0.3, 0.4) is 0 Å². The molecule has 0 aliphatic carbocycles. The smallest absolute Gasteiger partial charge is 0.301 e. The number of hydrazone groups is 1. The summed E-state index contributed by atoms with van der Waals surface area (Å²) in [5, 5.41) is 35.9. The Morgan fingerprint density at radius 2 is 1.69 bits per heavy atom. The zero-order valence-corrected chi connectivity index (χ0v) is 15.1. The lowest BCUT2D eigenvalue weighted by atomic mass is 10.0. The normalized spacial score (nSPS) is 10.8. The highest BCUT2D eigenvalue weighted by Crippen LogP contribution is 2.29. The minimum Gasteiger partial charge on any atom is -0.507 e. The fraction of sp³-hybridized carbons (Fsp3) is 0.0500. The fourth-order valence-electron chi connectivity index (χ4n) is 2.70. The second-order valence-corrected chi connectivity index (χ2v) is 6.14. The topological polar surface area (TPSA) is 131 Å². The van der Waals surface area contributed by atoms with Gasteiger partial charge in [0.25, 0.3) is 5.69 Å². The molecule has 0 bridgehead atoms. The van der Waals surface area contributed by atoms with Crippen LogP contribution >= 0.6 is 0 Å². The molecule has 3 rings (SSSR count). The van der Waals surface area contributed by atoms with Crippen LogP contribution in [0, 0.1) is 20.2 Å². The lowest BCUT2D eigenvalue weighted by Crippen LogP contribution is -1.99. The summed E-state index contributed by atoms with van der Waals surface area (Å²) >= 11 is 0. The minimum absolute atomic E-state index is 0.00298. The van der Waals surface area contributed by atoms with E-state index in [-0.39, 0.29) is 11.4 Å². The van der Waals surface area contributed by atoms with E-state index >= 15 is 0 Å². The van der Waals surface area contributed by atoms with Crippen molar-refractivity contribution in [3.8, 4) is 5.75 Å². The van der Waals surface area contributed by atoms with Crippen LogP contribution < -0.4 is 5.43 Å². The zero-order valence-electron chi connectivity index (χ0n) is 15.1. The van der Waals surface area contributed by atoms with Crippen molar-refractivity contribution in [2.75, 3.05) is 5.43 Å². The van der Waals surface area contributed by atoms with E-state index in [0.29, 0.717) is 12.0 Å². The minimum atomic E-state index is -0.733. The summed E-state index contributed by atoms with van der Waals surface area (Å²) in [5.74, 6) is 0.00515. The number of phenols is 1. The number of phenolic OH excluding ortho intramolecular Hbond substituents is 1. The molecule has 3 aromatic rings. The van der Waals surface area contributed by atoms with Crippen molar-refractivity contribution in [3.05, 3.63) is 104 Å². The van der Waals surface area contributed by atoms with Gasteiger partial charge in [-0.3, -0.25) is 25.7 Å². The maximum absolute atomic E-state index is 11.2. The molecule has 9 nitrogen and oxygen atoms in total. The molecule has 0 fully saturated rings. The Morgan fingerprint density at radius 3 is 2.38 bits per heavy atom. The number of non-ortho nitro benzene ring substituents is 1. The molecule has 0 spiro atoms. The predicted octanol–water partition coefficient (Wildman–Crippen LogP) is 4.25. The van der Waals surface area contributed by atoms with Gasteiger partial charge in [0.05, 0.1) is 22.1 Å². The Hall–Kier alpha value is -4.27. The van der Waals surface area contributed by atoms with Crippen LogP contribution in [-0.2, 0) is 6.42 Å². The number of anilines is 1. The van der Waals surface area contributed by atoms with Crippen molar-refractivity contribution in [3.63, 3.8) is 0 Å². The summed E-state index contributed by atoms with van der Waals surface area (Å²) in [6.07, 6.45) is 2.00. The average Bonchev–Trinajstić information content (AvgIpc) is 2.71. The van der Waals surface area contributed by atoms with Crippen LogP contribution in [0.5, 0.6) is 5.75 Å². The molecule has 29 heavy (non-hydrogen) atoms. The Bertz CT molecular complexity index is 1080. The second kappa shape index (κ2) is 8.61. The molecule has 0 heterocycles. The number of benzene rings is 3. The van der Waals surface area contributed by atoms with Gasteiger partial charge in [0, 0.05) is 11.6 Å². The molecule has 0 unspecified atom stereocenters. The van der Waals surface area contributed by atoms with Crippen molar-refractivity contribution in [1.29, 1.82) is 0 Å². The summed E-state index contributed by atoms with van der Waals surface area (Å²) in [6.45, 7) is 0. The number of nitro groups is 2. The van der Waals surface area contributed by atoms with Crippen molar-refractivity contribution in [2.45, 2.75) is 6.42 Å².